The maximum Gasteiger partial charge on any atom is 0.341 e. The molecule has 0 aromatic heterocycles. The van der Waals surface area contributed by atoms with Gasteiger partial charge in [0.25, 0.3) is 0 Å². The highest BCUT2D eigenvalue weighted by Gasteiger charge is 2.26. The topological polar surface area (TPSA) is 113 Å². The number of rotatable bonds is 8. The maximum absolute atomic E-state index is 12.4. The number of carboxylic acid groups (broad SMARTS) is 1. The first-order chi connectivity index (χ1) is 12.7. The highest BCUT2D eigenvalue weighted by molar-refractivity contribution is 7.90. The summed E-state index contributed by atoms with van der Waals surface area (Å²) in [7, 11) is -2.22. The highest BCUT2D eigenvalue weighted by atomic mass is 32.2. The van der Waals surface area contributed by atoms with Crippen molar-refractivity contribution < 1.29 is 27.9 Å². The van der Waals surface area contributed by atoms with Crippen LogP contribution in [0.5, 0.6) is 5.75 Å². The number of carbonyl (C=O) groups is 2. The Morgan fingerprint density at radius 1 is 1.19 bits per heavy atom. The lowest BCUT2D eigenvalue weighted by Gasteiger charge is -2.27. The van der Waals surface area contributed by atoms with E-state index in [1.807, 2.05) is 0 Å². The van der Waals surface area contributed by atoms with E-state index in [0.717, 1.165) is 25.7 Å². The van der Waals surface area contributed by atoms with E-state index in [4.69, 9.17) is 9.84 Å². The Kier molecular flexibility index (Phi) is 7.20. The first-order valence-electron chi connectivity index (χ1n) is 8.87. The molecule has 2 rings (SSSR count). The van der Waals surface area contributed by atoms with Gasteiger partial charge in [0, 0.05) is 18.8 Å². The van der Waals surface area contributed by atoms with E-state index in [2.05, 4.69) is 11.6 Å². The minimum atomic E-state index is -3.71. The minimum absolute atomic E-state index is 0.102. The highest BCUT2D eigenvalue weighted by Crippen LogP contribution is 2.24. The van der Waals surface area contributed by atoms with Crippen LogP contribution in [0.4, 0.5) is 5.69 Å². The number of benzene rings is 1. The van der Waals surface area contributed by atoms with Crippen LogP contribution in [0, 0.1) is 5.92 Å². The summed E-state index contributed by atoms with van der Waals surface area (Å²) in [5, 5.41) is 8.59. The average Bonchev–Trinajstić information content (AvgIpc) is 2.61. The van der Waals surface area contributed by atoms with E-state index < -0.39 is 34.3 Å². The third kappa shape index (κ3) is 6.84. The second kappa shape index (κ2) is 9.18. The van der Waals surface area contributed by atoms with Gasteiger partial charge in [0.1, 0.15) is 11.5 Å². The second-order valence-electron chi connectivity index (χ2n) is 6.96. The van der Waals surface area contributed by atoms with Gasteiger partial charge in [-0.15, -0.1) is 0 Å². The zero-order chi connectivity index (χ0) is 20.0. The van der Waals surface area contributed by atoms with Crippen LogP contribution >= 0.6 is 0 Å². The van der Waals surface area contributed by atoms with Crippen molar-refractivity contribution in [1.29, 1.82) is 0 Å². The van der Waals surface area contributed by atoms with E-state index in [-0.39, 0.29) is 6.04 Å². The quantitative estimate of drug-likeness (QED) is 0.688. The lowest BCUT2D eigenvalue weighted by molar-refractivity contribution is -0.139. The predicted molar refractivity (Wildman–Crippen MR) is 101 cm³/mol. The van der Waals surface area contributed by atoms with Crippen molar-refractivity contribution >= 4 is 27.6 Å². The Labute approximate surface area is 159 Å². The van der Waals surface area contributed by atoms with Crippen molar-refractivity contribution in [2.45, 2.75) is 38.6 Å². The zero-order valence-electron chi connectivity index (χ0n) is 15.6. The summed E-state index contributed by atoms with van der Waals surface area (Å²) in [4.78, 5) is 24.1. The third-order valence-corrected chi connectivity index (χ3v) is 5.96. The number of carboxylic acids is 1. The number of hydrogen-bond acceptors (Lipinski definition) is 5. The summed E-state index contributed by atoms with van der Waals surface area (Å²) in [6, 6.07) is 6.08. The first kappa shape index (κ1) is 21.2. The van der Waals surface area contributed by atoms with Gasteiger partial charge in [-0.1, -0.05) is 6.92 Å². The third-order valence-electron chi connectivity index (χ3n) is 4.64. The Balaban J connectivity index is 1.91. The molecule has 1 saturated carbocycles. The van der Waals surface area contributed by atoms with Gasteiger partial charge in [-0.25, -0.2) is 17.9 Å². The first-order valence-corrected chi connectivity index (χ1v) is 10.5. The predicted octanol–water partition coefficient (Wildman–Crippen LogP) is 1.61. The molecule has 1 aromatic carbocycles. The number of aliphatic carboxylic acids is 1. The van der Waals surface area contributed by atoms with Crippen LogP contribution in [0.1, 0.15) is 32.6 Å². The average molecular weight is 398 g/mol. The molecule has 0 radical (unpaired) electrons. The van der Waals surface area contributed by atoms with Crippen LogP contribution in [0.3, 0.4) is 0 Å². The van der Waals surface area contributed by atoms with E-state index in [1.165, 1.54) is 24.1 Å². The molecule has 1 aliphatic rings. The summed E-state index contributed by atoms with van der Waals surface area (Å²) in [5.74, 6) is -1.29. The molecule has 1 aromatic rings. The van der Waals surface area contributed by atoms with Crippen LogP contribution in [-0.4, -0.2) is 50.9 Å². The smallest absolute Gasteiger partial charge is 0.341 e. The molecule has 0 unspecified atom stereocenters. The number of anilines is 1. The normalized spacial score (nSPS) is 20.1. The SMILES string of the molecule is CC1CCC(NS(=O)(=O)CC(=O)N(C)c2ccc(OCC(=O)O)cc2)CC1. The molecule has 1 amide bonds. The fraction of sp³-hybridized carbons (Fsp3) is 0.556. The lowest BCUT2D eigenvalue weighted by Crippen LogP contribution is -2.43. The number of hydrogen-bond donors (Lipinski definition) is 2. The van der Waals surface area contributed by atoms with Gasteiger partial charge in [-0.05, 0) is 55.9 Å². The van der Waals surface area contributed by atoms with Gasteiger partial charge in [0.2, 0.25) is 15.9 Å². The van der Waals surface area contributed by atoms with Crippen molar-refractivity contribution in [3.63, 3.8) is 0 Å². The summed E-state index contributed by atoms with van der Waals surface area (Å²) in [5.41, 5.74) is 0.490. The summed E-state index contributed by atoms with van der Waals surface area (Å²) in [6.07, 6.45) is 3.55. The molecule has 1 aliphatic carbocycles. The van der Waals surface area contributed by atoms with Gasteiger partial charge < -0.3 is 14.7 Å². The Morgan fingerprint density at radius 3 is 2.33 bits per heavy atom. The van der Waals surface area contributed by atoms with Crippen LogP contribution in [0.25, 0.3) is 0 Å². The fourth-order valence-corrected chi connectivity index (χ4v) is 4.33. The van der Waals surface area contributed by atoms with Gasteiger partial charge in [-0.3, -0.25) is 4.79 Å². The van der Waals surface area contributed by atoms with E-state index in [9.17, 15) is 18.0 Å². The number of sulfonamides is 1. The van der Waals surface area contributed by atoms with Crippen molar-refractivity contribution in [1.82, 2.24) is 4.72 Å². The maximum atomic E-state index is 12.4. The van der Waals surface area contributed by atoms with Crippen LogP contribution < -0.4 is 14.4 Å². The fourth-order valence-electron chi connectivity index (χ4n) is 2.99. The van der Waals surface area contributed by atoms with Gasteiger partial charge in [0.15, 0.2) is 6.61 Å². The molecule has 1 fully saturated rings. The molecule has 0 spiro atoms. The molecule has 0 aliphatic heterocycles. The second-order valence-corrected chi connectivity index (χ2v) is 8.72. The molecule has 0 heterocycles. The number of amides is 1. The molecule has 0 saturated heterocycles. The molecular weight excluding hydrogens is 372 g/mol. The Morgan fingerprint density at radius 2 is 1.78 bits per heavy atom. The number of nitrogens with zero attached hydrogens (tertiary/aromatic N) is 1. The summed E-state index contributed by atoms with van der Waals surface area (Å²) < 4.78 is 32.3. The van der Waals surface area contributed by atoms with Gasteiger partial charge in [0.05, 0.1) is 0 Å². The molecule has 150 valence electrons. The van der Waals surface area contributed by atoms with Gasteiger partial charge >= 0.3 is 5.97 Å². The minimum Gasteiger partial charge on any atom is -0.482 e. The van der Waals surface area contributed by atoms with Crippen LogP contribution in [0.15, 0.2) is 24.3 Å². The van der Waals surface area contributed by atoms with Crippen molar-refractivity contribution in [3.8, 4) is 5.75 Å². The van der Waals surface area contributed by atoms with Gasteiger partial charge in [-0.2, -0.15) is 0 Å². The molecule has 0 atom stereocenters. The van der Waals surface area contributed by atoms with Crippen LogP contribution in [0.2, 0.25) is 0 Å². The summed E-state index contributed by atoms with van der Waals surface area (Å²) >= 11 is 0. The van der Waals surface area contributed by atoms with E-state index in [0.29, 0.717) is 17.4 Å². The zero-order valence-corrected chi connectivity index (χ0v) is 16.4. The molecule has 27 heavy (non-hydrogen) atoms. The molecule has 0 bridgehead atoms. The summed E-state index contributed by atoms with van der Waals surface area (Å²) in [6.45, 7) is 1.69. The van der Waals surface area contributed by atoms with Crippen molar-refractivity contribution in [2.75, 3.05) is 24.3 Å². The standard InChI is InChI=1S/C18H26N2O6S/c1-13-3-5-14(6-4-13)19-27(24,25)12-17(21)20(2)15-7-9-16(10-8-15)26-11-18(22)23/h7-10,13-14,19H,3-6,11-12H2,1-2H3,(H,22,23). The monoisotopic (exact) mass is 398 g/mol. The number of nitrogens with one attached hydrogen (secondary N) is 1. The molecule has 9 heteroatoms. The largest absolute Gasteiger partial charge is 0.482 e. The lowest BCUT2D eigenvalue weighted by atomic mass is 9.88. The molecular formula is C18H26N2O6S. The molecule has 8 nitrogen and oxygen atoms in total. The number of carbonyl (C=O) groups excluding carboxylic acids is 1. The molecule has 2 N–H and O–H groups in total. The Bertz CT molecular complexity index is 755. The van der Waals surface area contributed by atoms with E-state index in [1.54, 1.807) is 12.1 Å². The number of ether oxygens (including phenoxy) is 1. The van der Waals surface area contributed by atoms with Crippen LogP contribution in [-0.2, 0) is 19.6 Å². The van der Waals surface area contributed by atoms with Crippen molar-refractivity contribution in [2.24, 2.45) is 5.92 Å². The van der Waals surface area contributed by atoms with Crippen molar-refractivity contribution in [3.05, 3.63) is 24.3 Å². The Hall–Kier alpha value is -2.13. The van der Waals surface area contributed by atoms with E-state index >= 15 is 0 Å².